The van der Waals surface area contributed by atoms with Crippen molar-refractivity contribution in [2.75, 3.05) is 18.4 Å². The summed E-state index contributed by atoms with van der Waals surface area (Å²) in [5.41, 5.74) is 0.742. The Kier molecular flexibility index (Phi) is 4.63. The maximum Gasteiger partial charge on any atom is 0.253 e. The number of para-hydroxylation sites is 1. The molecule has 1 aromatic carbocycles. The summed E-state index contributed by atoms with van der Waals surface area (Å²) >= 11 is 0. The molecule has 1 aromatic rings. The van der Waals surface area contributed by atoms with Crippen molar-refractivity contribution in [3.63, 3.8) is 0 Å². The van der Waals surface area contributed by atoms with Gasteiger partial charge in [0.2, 0.25) is 5.91 Å². The van der Waals surface area contributed by atoms with Crippen molar-refractivity contribution in [3.05, 3.63) is 29.8 Å². The molecule has 1 unspecified atom stereocenters. The third kappa shape index (κ3) is 4.29. The molecule has 114 valence electrons. The minimum atomic E-state index is -0.316. The molecule has 0 radical (unpaired) electrons. The molecule has 0 spiro atoms. The van der Waals surface area contributed by atoms with Crippen molar-refractivity contribution in [2.45, 2.75) is 32.7 Å². The Bertz CT molecular complexity index is 529. The van der Waals surface area contributed by atoms with Crippen LogP contribution < -0.4 is 16.0 Å². The van der Waals surface area contributed by atoms with E-state index in [0.29, 0.717) is 17.8 Å². The van der Waals surface area contributed by atoms with Crippen LogP contribution >= 0.6 is 0 Å². The zero-order valence-corrected chi connectivity index (χ0v) is 12.8. The molecule has 1 atom stereocenters. The van der Waals surface area contributed by atoms with Crippen molar-refractivity contribution in [1.29, 1.82) is 0 Å². The van der Waals surface area contributed by atoms with Gasteiger partial charge in [-0.05, 0) is 45.9 Å². The Balaban J connectivity index is 2.13. The molecule has 5 heteroatoms. The lowest BCUT2D eigenvalue weighted by molar-refractivity contribution is -0.119. The number of nitrogens with one attached hydrogen (secondary N) is 3. The van der Waals surface area contributed by atoms with Gasteiger partial charge in [0, 0.05) is 12.1 Å². The largest absolute Gasteiger partial charge is 0.347 e. The van der Waals surface area contributed by atoms with E-state index in [1.807, 2.05) is 26.8 Å². The molecule has 1 heterocycles. The number of carbonyl (C=O) groups is 2. The molecular formula is C16H23N3O2. The van der Waals surface area contributed by atoms with Gasteiger partial charge < -0.3 is 16.0 Å². The summed E-state index contributed by atoms with van der Waals surface area (Å²) in [5, 5.41) is 8.96. The van der Waals surface area contributed by atoms with Crippen LogP contribution in [-0.4, -0.2) is 30.4 Å². The highest BCUT2D eigenvalue weighted by Crippen LogP contribution is 2.18. The zero-order valence-electron chi connectivity index (χ0n) is 12.8. The van der Waals surface area contributed by atoms with Crippen molar-refractivity contribution >= 4 is 17.5 Å². The molecule has 1 saturated heterocycles. The standard InChI is InChI=1S/C16H23N3O2/c1-16(2,3)19-15(21)12-6-4-5-7-13(12)18-14(20)11-8-9-17-10-11/h4-7,11,17H,8-10H2,1-3H3,(H,18,20)(H,19,21). The van der Waals surface area contributed by atoms with Gasteiger partial charge in [-0.1, -0.05) is 12.1 Å². The van der Waals surface area contributed by atoms with Crippen LogP contribution in [0.5, 0.6) is 0 Å². The number of carbonyl (C=O) groups excluding carboxylic acids is 2. The molecule has 2 rings (SSSR count). The fourth-order valence-corrected chi connectivity index (χ4v) is 2.31. The van der Waals surface area contributed by atoms with Gasteiger partial charge in [0.15, 0.2) is 0 Å². The molecule has 0 aliphatic carbocycles. The summed E-state index contributed by atoms with van der Waals surface area (Å²) in [6.45, 7) is 7.34. The first kappa shape index (κ1) is 15.5. The van der Waals surface area contributed by atoms with Crippen LogP contribution in [0, 0.1) is 5.92 Å². The van der Waals surface area contributed by atoms with E-state index < -0.39 is 0 Å². The summed E-state index contributed by atoms with van der Waals surface area (Å²) in [4.78, 5) is 24.5. The van der Waals surface area contributed by atoms with Crippen molar-refractivity contribution < 1.29 is 9.59 Å². The lowest BCUT2D eigenvalue weighted by Gasteiger charge is -2.21. The fraction of sp³-hybridized carbons (Fsp3) is 0.500. The highest BCUT2D eigenvalue weighted by molar-refractivity contribution is 6.04. The molecule has 2 amide bonds. The molecule has 21 heavy (non-hydrogen) atoms. The monoisotopic (exact) mass is 289 g/mol. The summed E-state index contributed by atoms with van der Waals surface area (Å²) in [5.74, 6) is -0.234. The normalized spacial score (nSPS) is 18.3. The van der Waals surface area contributed by atoms with Gasteiger partial charge in [0.25, 0.3) is 5.91 Å². The van der Waals surface area contributed by atoms with Gasteiger partial charge in [-0.15, -0.1) is 0 Å². The van der Waals surface area contributed by atoms with Gasteiger partial charge in [-0.3, -0.25) is 9.59 Å². The van der Waals surface area contributed by atoms with Crippen molar-refractivity contribution in [2.24, 2.45) is 5.92 Å². The first-order valence-electron chi connectivity index (χ1n) is 7.30. The maximum absolute atomic E-state index is 12.3. The van der Waals surface area contributed by atoms with E-state index in [4.69, 9.17) is 0 Å². The second kappa shape index (κ2) is 6.26. The SMILES string of the molecule is CC(C)(C)NC(=O)c1ccccc1NC(=O)C1CCNC1. The molecule has 0 bridgehead atoms. The fourth-order valence-electron chi connectivity index (χ4n) is 2.31. The highest BCUT2D eigenvalue weighted by atomic mass is 16.2. The van der Waals surface area contributed by atoms with Gasteiger partial charge in [-0.2, -0.15) is 0 Å². The number of rotatable bonds is 3. The van der Waals surface area contributed by atoms with E-state index in [0.717, 1.165) is 13.0 Å². The molecular weight excluding hydrogens is 266 g/mol. The average Bonchev–Trinajstić information content (AvgIpc) is 2.91. The maximum atomic E-state index is 12.3. The first-order chi connectivity index (χ1) is 9.87. The molecule has 5 nitrogen and oxygen atoms in total. The molecule has 0 saturated carbocycles. The van der Waals surface area contributed by atoms with Crippen LogP contribution in [0.2, 0.25) is 0 Å². The van der Waals surface area contributed by atoms with Gasteiger partial charge in [0.05, 0.1) is 17.2 Å². The minimum Gasteiger partial charge on any atom is -0.347 e. The zero-order chi connectivity index (χ0) is 15.5. The predicted octanol–water partition coefficient (Wildman–Crippen LogP) is 1.76. The van der Waals surface area contributed by atoms with E-state index in [2.05, 4.69) is 16.0 Å². The van der Waals surface area contributed by atoms with Crippen LogP contribution in [0.3, 0.4) is 0 Å². The second-order valence-corrected chi connectivity index (χ2v) is 6.43. The third-order valence-corrected chi connectivity index (χ3v) is 3.35. The number of hydrogen-bond donors (Lipinski definition) is 3. The Hall–Kier alpha value is -1.88. The van der Waals surface area contributed by atoms with Crippen LogP contribution in [0.25, 0.3) is 0 Å². The lowest BCUT2D eigenvalue weighted by atomic mass is 10.1. The Labute approximate surface area is 125 Å². The minimum absolute atomic E-state index is 0.0243. The molecule has 0 aromatic heterocycles. The summed E-state index contributed by atoms with van der Waals surface area (Å²) in [6.07, 6.45) is 0.836. The second-order valence-electron chi connectivity index (χ2n) is 6.43. The van der Waals surface area contributed by atoms with E-state index in [1.165, 1.54) is 0 Å². The molecule has 1 aliphatic rings. The van der Waals surface area contributed by atoms with Crippen LogP contribution in [-0.2, 0) is 4.79 Å². The number of hydrogen-bond acceptors (Lipinski definition) is 3. The van der Waals surface area contributed by atoms with E-state index in [1.54, 1.807) is 18.2 Å². The highest BCUT2D eigenvalue weighted by Gasteiger charge is 2.24. The average molecular weight is 289 g/mol. The van der Waals surface area contributed by atoms with Crippen molar-refractivity contribution in [1.82, 2.24) is 10.6 Å². The van der Waals surface area contributed by atoms with Crippen molar-refractivity contribution in [3.8, 4) is 0 Å². The van der Waals surface area contributed by atoms with E-state index >= 15 is 0 Å². The molecule has 1 fully saturated rings. The van der Waals surface area contributed by atoms with Gasteiger partial charge in [-0.25, -0.2) is 0 Å². The number of benzene rings is 1. The first-order valence-corrected chi connectivity index (χ1v) is 7.30. The lowest BCUT2D eigenvalue weighted by Crippen LogP contribution is -2.41. The van der Waals surface area contributed by atoms with Crippen LogP contribution in [0.4, 0.5) is 5.69 Å². The van der Waals surface area contributed by atoms with E-state index in [-0.39, 0.29) is 23.3 Å². The van der Waals surface area contributed by atoms with Gasteiger partial charge >= 0.3 is 0 Å². The third-order valence-electron chi connectivity index (χ3n) is 3.35. The number of amides is 2. The molecule has 1 aliphatic heterocycles. The topological polar surface area (TPSA) is 70.2 Å². The number of anilines is 1. The van der Waals surface area contributed by atoms with Gasteiger partial charge in [0.1, 0.15) is 0 Å². The smallest absolute Gasteiger partial charge is 0.253 e. The quantitative estimate of drug-likeness (QED) is 0.794. The van der Waals surface area contributed by atoms with Crippen LogP contribution in [0.15, 0.2) is 24.3 Å². The predicted molar refractivity (Wildman–Crippen MR) is 83.3 cm³/mol. The Morgan fingerprint density at radius 1 is 1.24 bits per heavy atom. The Morgan fingerprint density at radius 3 is 2.57 bits per heavy atom. The molecule has 3 N–H and O–H groups in total. The Morgan fingerprint density at radius 2 is 1.95 bits per heavy atom. The summed E-state index contributed by atoms with van der Waals surface area (Å²) in [6, 6.07) is 7.10. The summed E-state index contributed by atoms with van der Waals surface area (Å²) < 4.78 is 0. The summed E-state index contributed by atoms with van der Waals surface area (Å²) in [7, 11) is 0. The van der Waals surface area contributed by atoms with Crippen LogP contribution in [0.1, 0.15) is 37.6 Å². The van der Waals surface area contributed by atoms with E-state index in [9.17, 15) is 9.59 Å².